The molecule has 0 aliphatic heterocycles. The molecule has 1 saturated carbocycles. The number of aromatic nitrogens is 3. The fraction of sp³-hybridized carbons (Fsp3) is 0.438. The topological polar surface area (TPSA) is 80.0 Å². The van der Waals surface area contributed by atoms with Crippen LogP contribution in [0.25, 0.3) is 5.69 Å². The summed E-state index contributed by atoms with van der Waals surface area (Å²) in [5, 5.41) is 16.2. The van der Waals surface area contributed by atoms with E-state index in [4.69, 9.17) is 0 Å². The lowest BCUT2D eigenvalue weighted by molar-refractivity contribution is -0.190. The minimum Gasteiger partial charge on any atom is -0.383 e. The smallest absolute Gasteiger partial charge is 0.352 e. The van der Waals surface area contributed by atoms with Crippen LogP contribution < -0.4 is 5.32 Å². The van der Waals surface area contributed by atoms with Crippen molar-refractivity contribution < 1.29 is 18.7 Å². The lowest BCUT2D eigenvalue weighted by atomic mass is 9.93. The Bertz CT molecular complexity index is 713. The molecular weight excluding hydrogens is 318 g/mol. The number of halogens is 2. The Kier molecular flexibility index (Phi) is 4.31. The summed E-state index contributed by atoms with van der Waals surface area (Å²) >= 11 is 0. The van der Waals surface area contributed by atoms with Crippen molar-refractivity contribution in [3.8, 4) is 5.69 Å². The number of hydrogen-bond acceptors (Lipinski definition) is 4. The summed E-state index contributed by atoms with van der Waals surface area (Å²) in [6, 6.07) is 6.96. The predicted octanol–water partition coefficient (Wildman–Crippen LogP) is 1.82. The van der Waals surface area contributed by atoms with Crippen LogP contribution in [-0.2, 0) is 11.3 Å². The molecule has 6 nitrogen and oxygen atoms in total. The molecule has 1 amide bonds. The SMILES string of the molecule is O=C(NCc1cccc(-n2cncn2)c1)C(F)(F)C1(O)CCCC1. The molecule has 0 unspecified atom stereocenters. The number of rotatable bonds is 5. The zero-order chi connectivity index (χ0) is 17.2. The normalized spacial score (nSPS) is 17.0. The van der Waals surface area contributed by atoms with E-state index in [1.54, 1.807) is 24.3 Å². The first-order valence-corrected chi connectivity index (χ1v) is 7.75. The minimum absolute atomic E-state index is 0.0603. The van der Waals surface area contributed by atoms with Crippen LogP contribution in [0.2, 0.25) is 0 Å². The second-order valence-corrected chi connectivity index (χ2v) is 6.01. The zero-order valence-corrected chi connectivity index (χ0v) is 13.0. The highest BCUT2D eigenvalue weighted by Gasteiger charge is 2.58. The van der Waals surface area contributed by atoms with E-state index in [1.807, 2.05) is 0 Å². The fourth-order valence-corrected chi connectivity index (χ4v) is 2.93. The number of nitrogens with one attached hydrogen (secondary N) is 1. The third kappa shape index (κ3) is 3.01. The van der Waals surface area contributed by atoms with Crippen molar-refractivity contribution in [2.45, 2.75) is 43.8 Å². The van der Waals surface area contributed by atoms with Crippen molar-refractivity contribution in [3.05, 3.63) is 42.5 Å². The van der Waals surface area contributed by atoms with Gasteiger partial charge in [0.2, 0.25) is 0 Å². The molecule has 1 aromatic heterocycles. The standard InChI is InChI=1S/C16H18F2N4O2/c17-16(18,15(24)6-1-2-7-15)14(23)20-9-12-4-3-5-13(8-12)22-11-19-10-21-22/h3-5,8,10-11,24H,1-2,6-7,9H2,(H,20,23). The number of hydrogen-bond donors (Lipinski definition) is 2. The monoisotopic (exact) mass is 336 g/mol. The summed E-state index contributed by atoms with van der Waals surface area (Å²) in [5.41, 5.74) is -0.884. The van der Waals surface area contributed by atoms with E-state index >= 15 is 0 Å². The highest BCUT2D eigenvalue weighted by atomic mass is 19.3. The van der Waals surface area contributed by atoms with Crippen LogP contribution in [-0.4, -0.2) is 37.3 Å². The highest BCUT2D eigenvalue weighted by molar-refractivity contribution is 5.84. The van der Waals surface area contributed by atoms with Crippen LogP contribution in [0.15, 0.2) is 36.9 Å². The number of alkyl halides is 2. The van der Waals surface area contributed by atoms with Gasteiger partial charge in [0.05, 0.1) is 5.69 Å². The molecule has 1 aliphatic carbocycles. The van der Waals surface area contributed by atoms with Crippen LogP contribution in [0, 0.1) is 0 Å². The van der Waals surface area contributed by atoms with Crippen molar-refractivity contribution >= 4 is 5.91 Å². The summed E-state index contributed by atoms with van der Waals surface area (Å²) in [6.07, 6.45) is 3.78. The van der Waals surface area contributed by atoms with Gasteiger partial charge in [0.15, 0.2) is 0 Å². The summed E-state index contributed by atoms with van der Waals surface area (Å²) in [6.45, 7) is -0.0625. The Balaban J connectivity index is 1.67. The molecule has 3 rings (SSSR count). The van der Waals surface area contributed by atoms with Crippen LogP contribution in [0.1, 0.15) is 31.2 Å². The van der Waals surface area contributed by atoms with Gasteiger partial charge in [0, 0.05) is 6.54 Å². The van der Waals surface area contributed by atoms with Gasteiger partial charge in [-0.15, -0.1) is 0 Å². The maximum absolute atomic E-state index is 14.2. The van der Waals surface area contributed by atoms with E-state index in [2.05, 4.69) is 15.4 Å². The summed E-state index contributed by atoms with van der Waals surface area (Å²) in [5.74, 6) is -5.24. The molecule has 2 aromatic rings. The van der Waals surface area contributed by atoms with E-state index in [0.717, 1.165) is 0 Å². The molecule has 0 atom stereocenters. The third-order valence-corrected chi connectivity index (χ3v) is 4.35. The zero-order valence-electron chi connectivity index (χ0n) is 13.0. The molecule has 0 spiro atoms. The average molecular weight is 336 g/mol. The van der Waals surface area contributed by atoms with Gasteiger partial charge in [0.1, 0.15) is 18.3 Å². The van der Waals surface area contributed by atoms with E-state index in [0.29, 0.717) is 24.1 Å². The van der Waals surface area contributed by atoms with Gasteiger partial charge in [-0.1, -0.05) is 25.0 Å². The van der Waals surface area contributed by atoms with Crippen LogP contribution in [0.4, 0.5) is 8.78 Å². The van der Waals surface area contributed by atoms with Gasteiger partial charge in [-0.05, 0) is 30.5 Å². The Labute approximate surface area is 137 Å². The van der Waals surface area contributed by atoms with Gasteiger partial charge in [-0.25, -0.2) is 9.67 Å². The van der Waals surface area contributed by atoms with Crippen LogP contribution >= 0.6 is 0 Å². The first-order chi connectivity index (χ1) is 11.4. The Hall–Kier alpha value is -2.35. The lowest BCUT2D eigenvalue weighted by Gasteiger charge is -2.30. The second kappa shape index (κ2) is 6.27. The Morgan fingerprint density at radius 3 is 2.79 bits per heavy atom. The van der Waals surface area contributed by atoms with Crippen molar-refractivity contribution in [1.29, 1.82) is 0 Å². The highest BCUT2D eigenvalue weighted by Crippen LogP contribution is 2.42. The number of carbonyl (C=O) groups excluding carboxylic acids is 1. The van der Waals surface area contributed by atoms with Gasteiger partial charge < -0.3 is 10.4 Å². The lowest BCUT2D eigenvalue weighted by Crippen LogP contribution is -2.55. The average Bonchev–Trinajstić information content (AvgIpc) is 3.25. The Morgan fingerprint density at radius 1 is 1.38 bits per heavy atom. The molecule has 1 aromatic carbocycles. The third-order valence-electron chi connectivity index (χ3n) is 4.35. The number of amides is 1. The maximum Gasteiger partial charge on any atom is 0.352 e. The number of carbonyl (C=O) groups is 1. The molecule has 1 heterocycles. The van der Waals surface area contributed by atoms with E-state index in [1.165, 1.54) is 17.3 Å². The largest absolute Gasteiger partial charge is 0.383 e. The number of nitrogens with zero attached hydrogens (tertiary/aromatic N) is 3. The minimum atomic E-state index is -3.80. The summed E-state index contributed by atoms with van der Waals surface area (Å²) in [7, 11) is 0. The van der Waals surface area contributed by atoms with Crippen molar-refractivity contribution in [2.75, 3.05) is 0 Å². The van der Waals surface area contributed by atoms with Crippen molar-refractivity contribution in [3.63, 3.8) is 0 Å². The summed E-state index contributed by atoms with van der Waals surface area (Å²) in [4.78, 5) is 15.7. The Morgan fingerprint density at radius 2 is 2.12 bits per heavy atom. The van der Waals surface area contributed by atoms with Gasteiger partial charge in [-0.3, -0.25) is 4.79 Å². The van der Waals surface area contributed by atoms with E-state index < -0.39 is 17.4 Å². The van der Waals surface area contributed by atoms with Crippen LogP contribution in [0.5, 0.6) is 0 Å². The molecule has 8 heteroatoms. The van der Waals surface area contributed by atoms with Gasteiger partial charge >= 0.3 is 5.92 Å². The molecular formula is C16H18F2N4O2. The molecule has 2 N–H and O–H groups in total. The predicted molar refractivity (Wildman–Crippen MR) is 81.6 cm³/mol. The summed E-state index contributed by atoms with van der Waals surface area (Å²) < 4.78 is 30.0. The molecule has 0 radical (unpaired) electrons. The van der Waals surface area contributed by atoms with E-state index in [-0.39, 0.29) is 19.4 Å². The molecule has 0 saturated heterocycles. The number of aliphatic hydroxyl groups is 1. The first-order valence-electron chi connectivity index (χ1n) is 7.75. The molecule has 24 heavy (non-hydrogen) atoms. The van der Waals surface area contributed by atoms with Crippen molar-refractivity contribution in [2.24, 2.45) is 0 Å². The fourth-order valence-electron chi connectivity index (χ4n) is 2.93. The molecule has 1 aliphatic rings. The number of benzene rings is 1. The molecule has 1 fully saturated rings. The molecule has 128 valence electrons. The van der Waals surface area contributed by atoms with E-state index in [9.17, 15) is 18.7 Å². The second-order valence-electron chi connectivity index (χ2n) is 6.01. The van der Waals surface area contributed by atoms with Crippen molar-refractivity contribution in [1.82, 2.24) is 20.1 Å². The molecule has 0 bridgehead atoms. The van der Waals surface area contributed by atoms with Gasteiger partial charge in [0.25, 0.3) is 5.91 Å². The van der Waals surface area contributed by atoms with Crippen LogP contribution in [0.3, 0.4) is 0 Å². The first kappa shape index (κ1) is 16.5. The maximum atomic E-state index is 14.2. The quantitative estimate of drug-likeness (QED) is 0.873. The van der Waals surface area contributed by atoms with Gasteiger partial charge in [-0.2, -0.15) is 13.9 Å².